The van der Waals surface area contributed by atoms with Crippen LogP contribution in [0.1, 0.15) is 11.3 Å². The summed E-state index contributed by atoms with van der Waals surface area (Å²) in [6.07, 6.45) is 0. The molecule has 3 aromatic rings. The van der Waals surface area contributed by atoms with Crippen molar-refractivity contribution in [1.29, 1.82) is 0 Å². The van der Waals surface area contributed by atoms with E-state index in [1.807, 2.05) is 44.2 Å². The van der Waals surface area contributed by atoms with E-state index < -0.39 is 0 Å². The molecule has 3 rings (SSSR count). The lowest BCUT2D eigenvalue weighted by atomic mass is 10.2. The maximum Gasteiger partial charge on any atom is 0.156 e. The van der Waals surface area contributed by atoms with Gasteiger partial charge < -0.3 is 5.73 Å². The van der Waals surface area contributed by atoms with E-state index in [1.54, 1.807) is 4.68 Å². The van der Waals surface area contributed by atoms with Crippen LogP contribution in [0.2, 0.25) is 0 Å². The molecule has 0 aliphatic heterocycles. The number of rotatable bonds is 1. The fourth-order valence-electron chi connectivity index (χ4n) is 1.89. The number of fused-ring (bicyclic) bond motifs is 1. The van der Waals surface area contributed by atoms with Gasteiger partial charge >= 0.3 is 0 Å². The molecule has 0 amide bonds. The minimum atomic E-state index is 0.650. The van der Waals surface area contributed by atoms with Gasteiger partial charge in [0, 0.05) is 5.69 Å². The Labute approximate surface area is 104 Å². The van der Waals surface area contributed by atoms with Gasteiger partial charge in [-0.25, -0.2) is 4.98 Å². The third-order valence-corrected chi connectivity index (χ3v) is 3.05. The molecular weight excluding hydrogens is 226 g/mol. The van der Waals surface area contributed by atoms with E-state index in [2.05, 4.69) is 15.3 Å². The second-order valence-corrected chi connectivity index (χ2v) is 4.29. The highest BCUT2D eigenvalue weighted by Gasteiger charge is 2.10. The van der Waals surface area contributed by atoms with Gasteiger partial charge in [0.2, 0.25) is 0 Å². The SMILES string of the molecule is Cc1ccc(-n2nnc3cccc(N)c32)nc1C. The summed E-state index contributed by atoms with van der Waals surface area (Å²) in [7, 11) is 0. The number of para-hydroxylation sites is 1. The summed E-state index contributed by atoms with van der Waals surface area (Å²) in [6, 6.07) is 9.52. The van der Waals surface area contributed by atoms with Crippen molar-refractivity contribution in [2.45, 2.75) is 13.8 Å². The Balaban J connectivity index is 2.28. The second kappa shape index (κ2) is 3.80. The van der Waals surface area contributed by atoms with Crippen LogP contribution in [0.15, 0.2) is 30.3 Å². The quantitative estimate of drug-likeness (QED) is 0.659. The fraction of sp³-hybridized carbons (Fsp3) is 0.154. The zero-order valence-electron chi connectivity index (χ0n) is 10.3. The van der Waals surface area contributed by atoms with Crippen LogP contribution in [0.25, 0.3) is 16.9 Å². The lowest BCUT2D eigenvalue weighted by molar-refractivity contribution is 0.797. The number of nitrogen functional groups attached to an aromatic ring is 1. The molecule has 2 heterocycles. The topological polar surface area (TPSA) is 69.6 Å². The van der Waals surface area contributed by atoms with E-state index in [4.69, 9.17) is 5.73 Å². The summed E-state index contributed by atoms with van der Waals surface area (Å²) in [5.74, 6) is 0.735. The predicted octanol–water partition coefficient (Wildman–Crippen LogP) is 2.01. The lowest BCUT2D eigenvalue weighted by Crippen LogP contribution is -2.03. The van der Waals surface area contributed by atoms with Gasteiger partial charge in [0.05, 0.1) is 5.69 Å². The van der Waals surface area contributed by atoms with Crippen molar-refractivity contribution >= 4 is 16.7 Å². The van der Waals surface area contributed by atoms with Gasteiger partial charge in [-0.2, -0.15) is 4.68 Å². The van der Waals surface area contributed by atoms with Crippen LogP contribution in [-0.4, -0.2) is 20.0 Å². The normalized spacial score (nSPS) is 11.0. The Bertz CT molecular complexity index is 729. The van der Waals surface area contributed by atoms with E-state index in [-0.39, 0.29) is 0 Å². The Hall–Kier alpha value is -2.43. The summed E-state index contributed by atoms with van der Waals surface area (Å²) in [4.78, 5) is 4.51. The van der Waals surface area contributed by atoms with Crippen LogP contribution in [-0.2, 0) is 0 Å². The van der Waals surface area contributed by atoms with E-state index in [0.29, 0.717) is 5.69 Å². The summed E-state index contributed by atoms with van der Waals surface area (Å²) < 4.78 is 1.68. The maximum absolute atomic E-state index is 5.98. The van der Waals surface area contributed by atoms with Crippen LogP contribution in [0.3, 0.4) is 0 Å². The number of hydrogen-bond donors (Lipinski definition) is 1. The highest BCUT2D eigenvalue weighted by molar-refractivity contribution is 5.87. The standard InChI is InChI=1S/C13H13N5/c1-8-6-7-12(15-9(8)2)18-13-10(14)4-3-5-11(13)16-17-18/h3-7H,14H2,1-2H3. The van der Waals surface area contributed by atoms with Crippen molar-refractivity contribution < 1.29 is 0 Å². The molecule has 0 unspecified atom stereocenters. The summed E-state index contributed by atoms with van der Waals surface area (Å²) in [5, 5.41) is 8.22. The van der Waals surface area contributed by atoms with Crippen LogP contribution >= 0.6 is 0 Å². The van der Waals surface area contributed by atoms with Crippen molar-refractivity contribution in [2.75, 3.05) is 5.73 Å². The van der Waals surface area contributed by atoms with Gasteiger partial charge in [-0.05, 0) is 37.6 Å². The van der Waals surface area contributed by atoms with Gasteiger partial charge in [0.1, 0.15) is 11.0 Å². The summed E-state index contributed by atoms with van der Waals surface area (Å²) in [6.45, 7) is 4.00. The molecule has 5 nitrogen and oxygen atoms in total. The average Bonchev–Trinajstić information content (AvgIpc) is 2.78. The first-order valence-electron chi connectivity index (χ1n) is 5.71. The highest BCUT2D eigenvalue weighted by atomic mass is 15.4. The molecule has 0 saturated carbocycles. The van der Waals surface area contributed by atoms with Gasteiger partial charge in [0.15, 0.2) is 5.82 Å². The van der Waals surface area contributed by atoms with E-state index in [9.17, 15) is 0 Å². The number of anilines is 1. The third kappa shape index (κ3) is 1.52. The molecule has 0 fully saturated rings. The largest absolute Gasteiger partial charge is 0.397 e. The van der Waals surface area contributed by atoms with Gasteiger partial charge in [-0.3, -0.25) is 0 Å². The number of benzene rings is 1. The Morgan fingerprint density at radius 2 is 1.94 bits per heavy atom. The minimum Gasteiger partial charge on any atom is -0.397 e. The molecule has 1 aromatic carbocycles. The molecule has 0 spiro atoms. The van der Waals surface area contributed by atoms with Crippen molar-refractivity contribution in [1.82, 2.24) is 20.0 Å². The van der Waals surface area contributed by atoms with Gasteiger partial charge in [-0.15, -0.1) is 5.10 Å². The van der Waals surface area contributed by atoms with Crippen molar-refractivity contribution in [2.24, 2.45) is 0 Å². The van der Waals surface area contributed by atoms with Crippen molar-refractivity contribution in [3.8, 4) is 5.82 Å². The van der Waals surface area contributed by atoms with Gasteiger partial charge in [0.25, 0.3) is 0 Å². The summed E-state index contributed by atoms with van der Waals surface area (Å²) in [5.41, 5.74) is 10.3. The molecule has 0 radical (unpaired) electrons. The Kier molecular flexibility index (Phi) is 2.26. The van der Waals surface area contributed by atoms with Gasteiger partial charge in [-0.1, -0.05) is 17.3 Å². The number of aryl methyl sites for hydroxylation is 2. The first-order valence-corrected chi connectivity index (χ1v) is 5.71. The Morgan fingerprint density at radius 3 is 2.72 bits per heavy atom. The van der Waals surface area contributed by atoms with Crippen molar-refractivity contribution in [3.05, 3.63) is 41.6 Å². The van der Waals surface area contributed by atoms with E-state index >= 15 is 0 Å². The molecule has 2 aromatic heterocycles. The fourth-order valence-corrected chi connectivity index (χ4v) is 1.89. The van der Waals surface area contributed by atoms with Crippen LogP contribution < -0.4 is 5.73 Å². The van der Waals surface area contributed by atoms with E-state index in [1.165, 1.54) is 0 Å². The number of nitrogens with two attached hydrogens (primary N) is 1. The third-order valence-electron chi connectivity index (χ3n) is 3.05. The summed E-state index contributed by atoms with van der Waals surface area (Å²) >= 11 is 0. The highest BCUT2D eigenvalue weighted by Crippen LogP contribution is 2.21. The molecule has 0 saturated heterocycles. The molecular formula is C13H13N5. The van der Waals surface area contributed by atoms with Crippen LogP contribution in [0, 0.1) is 13.8 Å². The number of aromatic nitrogens is 4. The molecule has 5 heteroatoms. The molecule has 18 heavy (non-hydrogen) atoms. The Morgan fingerprint density at radius 1 is 1.11 bits per heavy atom. The number of pyridine rings is 1. The smallest absolute Gasteiger partial charge is 0.156 e. The van der Waals surface area contributed by atoms with E-state index in [0.717, 1.165) is 28.1 Å². The van der Waals surface area contributed by atoms with Crippen LogP contribution in [0.5, 0.6) is 0 Å². The average molecular weight is 239 g/mol. The first-order chi connectivity index (χ1) is 8.66. The molecule has 0 bridgehead atoms. The lowest BCUT2D eigenvalue weighted by Gasteiger charge is -2.05. The van der Waals surface area contributed by atoms with Crippen molar-refractivity contribution in [3.63, 3.8) is 0 Å². The zero-order valence-corrected chi connectivity index (χ0v) is 10.3. The van der Waals surface area contributed by atoms with Crippen LogP contribution in [0.4, 0.5) is 5.69 Å². The maximum atomic E-state index is 5.98. The number of hydrogen-bond acceptors (Lipinski definition) is 4. The first kappa shape index (κ1) is 10.7. The molecule has 0 aliphatic carbocycles. The molecule has 0 aliphatic rings. The monoisotopic (exact) mass is 239 g/mol. The molecule has 90 valence electrons. The second-order valence-electron chi connectivity index (χ2n) is 4.29. The number of nitrogens with zero attached hydrogens (tertiary/aromatic N) is 4. The molecule has 0 atom stereocenters. The predicted molar refractivity (Wildman–Crippen MR) is 70.5 cm³/mol. The zero-order chi connectivity index (χ0) is 12.7. The minimum absolute atomic E-state index is 0.650. The molecule has 2 N–H and O–H groups in total.